The third-order valence-electron chi connectivity index (χ3n) is 3.08. The fourth-order valence-corrected chi connectivity index (χ4v) is 2.08. The zero-order valence-electron chi connectivity index (χ0n) is 9.33. The summed E-state index contributed by atoms with van der Waals surface area (Å²) in [4.78, 5) is 12.9. The van der Waals surface area contributed by atoms with Gasteiger partial charge in [-0.3, -0.25) is 4.68 Å². The number of piperidine rings is 1. The minimum Gasteiger partial charge on any atom is -0.476 e. The molecule has 2 heterocycles. The smallest absolute Gasteiger partial charge is 0.358 e. The van der Waals surface area contributed by atoms with E-state index in [1.165, 1.54) is 19.0 Å². The molecule has 0 unspecified atom stereocenters. The Bertz CT molecular complexity index is 377. The van der Waals surface area contributed by atoms with Gasteiger partial charge in [-0.05, 0) is 26.4 Å². The molecule has 0 saturated carbocycles. The number of aromatic nitrogens is 3. The fourth-order valence-electron chi connectivity index (χ4n) is 2.08. The first-order valence-electron chi connectivity index (χ1n) is 5.50. The molecule has 16 heavy (non-hydrogen) atoms. The highest BCUT2D eigenvalue weighted by Crippen LogP contribution is 2.16. The second-order valence-corrected chi connectivity index (χ2v) is 4.26. The van der Waals surface area contributed by atoms with Gasteiger partial charge in [0.15, 0.2) is 5.69 Å². The Morgan fingerprint density at radius 2 is 2.44 bits per heavy atom. The SMILES string of the molecule is CN1CCCC[C@H]1Cn1cc(C(=O)O)nn1. The maximum atomic E-state index is 10.6. The maximum Gasteiger partial charge on any atom is 0.358 e. The standard InChI is InChI=1S/C10H16N4O2/c1-13-5-3-2-4-8(13)6-14-7-9(10(15)16)11-12-14/h7-8H,2-6H2,1H3,(H,15,16)/t8-/m0/s1. The van der Waals surface area contributed by atoms with Crippen molar-refractivity contribution < 1.29 is 9.90 Å². The summed E-state index contributed by atoms with van der Waals surface area (Å²) in [5, 5.41) is 16.2. The van der Waals surface area contributed by atoms with E-state index in [9.17, 15) is 4.79 Å². The van der Waals surface area contributed by atoms with E-state index in [2.05, 4.69) is 22.3 Å². The second kappa shape index (κ2) is 4.61. The highest BCUT2D eigenvalue weighted by atomic mass is 16.4. The topological polar surface area (TPSA) is 71.2 Å². The van der Waals surface area contributed by atoms with E-state index in [1.807, 2.05) is 0 Å². The molecular formula is C10H16N4O2. The van der Waals surface area contributed by atoms with Crippen LogP contribution in [0.25, 0.3) is 0 Å². The summed E-state index contributed by atoms with van der Waals surface area (Å²) in [5.74, 6) is -1.02. The van der Waals surface area contributed by atoms with E-state index in [1.54, 1.807) is 4.68 Å². The van der Waals surface area contributed by atoms with Gasteiger partial charge in [0.05, 0.1) is 12.7 Å². The molecule has 1 aliphatic rings. The summed E-state index contributed by atoms with van der Waals surface area (Å²) in [6, 6.07) is 0.442. The molecule has 1 atom stereocenters. The number of hydrogen-bond donors (Lipinski definition) is 1. The minimum atomic E-state index is -1.02. The Morgan fingerprint density at radius 1 is 1.62 bits per heavy atom. The van der Waals surface area contributed by atoms with Gasteiger partial charge < -0.3 is 10.0 Å². The average molecular weight is 224 g/mol. The van der Waals surface area contributed by atoms with Gasteiger partial charge in [0.2, 0.25) is 0 Å². The van der Waals surface area contributed by atoms with Crippen molar-refractivity contribution in [3.8, 4) is 0 Å². The largest absolute Gasteiger partial charge is 0.476 e. The summed E-state index contributed by atoms with van der Waals surface area (Å²) in [6.45, 7) is 1.82. The zero-order valence-corrected chi connectivity index (χ0v) is 9.33. The van der Waals surface area contributed by atoms with E-state index in [0.29, 0.717) is 6.04 Å². The third kappa shape index (κ3) is 2.38. The Balaban J connectivity index is 1.99. The van der Waals surface area contributed by atoms with E-state index >= 15 is 0 Å². The molecule has 1 aromatic heterocycles. The zero-order chi connectivity index (χ0) is 11.5. The van der Waals surface area contributed by atoms with Gasteiger partial charge in [0.25, 0.3) is 0 Å². The van der Waals surface area contributed by atoms with Crippen molar-refractivity contribution in [2.45, 2.75) is 31.8 Å². The molecule has 1 N–H and O–H groups in total. The molecule has 6 heteroatoms. The Morgan fingerprint density at radius 3 is 3.06 bits per heavy atom. The summed E-state index contributed by atoms with van der Waals surface area (Å²) in [5.41, 5.74) is 0.0125. The molecule has 1 fully saturated rings. The number of rotatable bonds is 3. The van der Waals surface area contributed by atoms with Crippen molar-refractivity contribution in [2.75, 3.05) is 13.6 Å². The number of hydrogen-bond acceptors (Lipinski definition) is 4. The molecule has 88 valence electrons. The molecule has 0 aromatic carbocycles. The van der Waals surface area contributed by atoms with Crippen molar-refractivity contribution in [1.82, 2.24) is 19.9 Å². The first kappa shape index (κ1) is 11.1. The summed E-state index contributed by atoms with van der Waals surface area (Å²) in [7, 11) is 2.10. The molecule has 1 aliphatic heterocycles. The van der Waals surface area contributed by atoms with Crippen molar-refractivity contribution in [3.63, 3.8) is 0 Å². The quantitative estimate of drug-likeness (QED) is 0.807. The van der Waals surface area contributed by atoms with E-state index in [-0.39, 0.29) is 5.69 Å². The van der Waals surface area contributed by atoms with E-state index in [4.69, 9.17) is 5.11 Å². The Kier molecular flexibility index (Phi) is 3.19. The van der Waals surface area contributed by atoms with Gasteiger partial charge in [-0.25, -0.2) is 4.79 Å². The van der Waals surface area contributed by atoms with Crippen LogP contribution in [0.2, 0.25) is 0 Å². The third-order valence-corrected chi connectivity index (χ3v) is 3.08. The number of carboxylic acid groups (broad SMARTS) is 1. The van der Waals surface area contributed by atoms with Crippen molar-refractivity contribution in [3.05, 3.63) is 11.9 Å². The second-order valence-electron chi connectivity index (χ2n) is 4.26. The summed E-state index contributed by atoms with van der Waals surface area (Å²) in [6.07, 6.45) is 5.10. The molecule has 0 radical (unpaired) electrons. The van der Waals surface area contributed by atoms with Crippen molar-refractivity contribution >= 4 is 5.97 Å². The van der Waals surface area contributed by atoms with E-state index < -0.39 is 5.97 Å². The van der Waals surface area contributed by atoms with Crippen LogP contribution in [-0.2, 0) is 6.54 Å². The van der Waals surface area contributed by atoms with Crippen LogP contribution in [0, 0.1) is 0 Å². The van der Waals surface area contributed by atoms with Crippen LogP contribution in [0.1, 0.15) is 29.8 Å². The molecule has 0 amide bonds. The van der Waals surface area contributed by atoms with Crippen LogP contribution in [-0.4, -0.2) is 50.6 Å². The molecule has 2 rings (SSSR count). The molecule has 6 nitrogen and oxygen atoms in total. The van der Waals surface area contributed by atoms with Crippen LogP contribution >= 0.6 is 0 Å². The summed E-state index contributed by atoms with van der Waals surface area (Å²) < 4.78 is 1.62. The van der Waals surface area contributed by atoms with Gasteiger partial charge in [-0.1, -0.05) is 11.6 Å². The minimum absolute atomic E-state index is 0.0125. The number of aromatic carboxylic acids is 1. The average Bonchev–Trinajstić information content (AvgIpc) is 2.70. The first-order chi connectivity index (χ1) is 7.66. The highest BCUT2D eigenvalue weighted by Gasteiger charge is 2.20. The molecule has 0 aliphatic carbocycles. The van der Waals surface area contributed by atoms with E-state index in [0.717, 1.165) is 19.5 Å². The number of carboxylic acids is 1. The van der Waals surface area contributed by atoms with Crippen LogP contribution in [0.3, 0.4) is 0 Å². The normalized spacial score (nSPS) is 22.2. The lowest BCUT2D eigenvalue weighted by Crippen LogP contribution is -2.39. The number of nitrogens with zero attached hydrogens (tertiary/aromatic N) is 4. The molecule has 0 bridgehead atoms. The first-order valence-corrected chi connectivity index (χ1v) is 5.50. The van der Waals surface area contributed by atoms with Gasteiger partial charge in [-0.15, -0.1) is 5.10 Å². The lowest BCUT2D eigenvalue weighted by molar-refractivity contribution is 0.0690. The number of likely N-dealkylation sites (tertiary alicyclic amines) is 1. The van der Waals surface area contributed by atoms with Crippen LogP contribution in [0.4, 0.5) is 0 Å². The highest BCUT2D eigenvalue weighted by molar-refractivity contribution is 5.84. The predicted molar refractivity (Wildman–Crippen MR) is 57.3 cm³/mol. The van der Waals surface area contributed by atoms with Gasteiger partial charge in [0.1, 0.15) is 0 Å². The molecule has 0 spiro atoms. The predicted octanol–water partition coefficient (Wildman–Crippen LogP) is 0.461. The van der Waals surface area contributed by atoms with Gasteiger partial charge in [0, 0.05) is 6.04 Å². The van der Waals surface area contributed by atoms with Crippen LogP contribution < -0.4 is 0 Å². The Labute approximate surface area is 93.9 Å². The monoisotopic (exact) mass is 224 g/mol. The Hall–Kier alpha value is -1.43. The van der Waals surface area contributed by atoms with Gasteiger partial charge in [-0.2, -0.15) is 0 Å². The number of carbonyl (C=O) groups is 1. The van der Waals surface area contributed by atoms with Crippen LogP contribution in [0.5, 0.6) is 0 Å². The molecular weight excluding hydrogens is 208 g/mol. The van der Waals surface area contributed by atoms with Crippen molar-refractivity contribution in [2.24, 2.45) is 0 Å². The maximum absolute atomic E-state index is 10.6. The van der Waals surface area contributed by atoms with Crippen molar-refractivity contribution in [1.29, 1.82) is 0 Å². The number of likely N-dealkylation sites (N-methyl/N-ethyl adjacent to an activating group) is 1. The molecule has 1 aromatic rings. The fraction of sp³-hybridized carbons (Fsp3) is 0.700. The summed E-state index contributed by atoms with van der Waals surface area (Å²) >= 11 is 0. The lowest BCUT2D eigenvalue weighted by atomic mass is 10.0. The van der Waals surface area contributed by atoms with Gasteiger partial charge >= 0.3 is 5.97 Å². The molecule has 1 saturated heterocycles. The van der Waals surface area contributed by atoms with Crippen LogP contribution in [0.15, 0.2) is 6.20 Å². The lowest BCUT2D eigenvalue weighted by Gasteiger charge is -2.32.